The van der Waals surface area contributed by atoms with E-state index in [0.29, 0.717) is 5.69 Å². The molecule has 2 amide bonds. The molecule has 0 saturated carbocycles. The van der Waals surface area contributed by atoms with Crippen LogP contribution in [0.3, 0.4) is 0 Å². The maximum absolute atomic E-state index is 12.6. The van der Waals surface area contributed by atoms with Crippen LogP contribution in [0.25, 0.3) is 0 Å². The van der Waals surface area contributed by atoms with Crippen molar-refractivity contribution in [2.45, 2.75) is 44.6 Å². The number of nitrogens with zero attached hydrogens (tertiary/aromatic N) is 1. The fourth-order valence-corrected chi connectivity index (χ4v) is 3.24. The third kappa shape index (κ3) is 4.29. The predicted octanol–water partition coefficient (Wildman–Crippen LogP) is 3.79. The van der Waals surface area contributed by atoms with Crippen LogP contribution in [0.2, 0.25) is 0 Å². The monoisotopic (exact) mass is 339 g/mol. The Hall–Kier alpha value is -2.02. The first-order valence-corrected chi connectivity index (χ1v) is 8.03. The van der Waals surface area contributed by atoms with E-state index in [9.17, 15) is 18.0 Å². The molecule has 130 valence electrons. The summed E-state index contributed by atoms with van der Waals surface area (Å²) in [6, 6.07) is 5.10. The highest BCUT2D eigenvalue weighted by Crippen LogP contribution is 2.31. The van der Waals surface area contributed by atoms with Crippen molar-refractivity contribution in [2.24, 2.45) is 0 Å². The van der Waals surface area contributed by atoms with Crippen molar-refractivity contribution in [1.29, 1.82) is 0 Å². The first-order chi connectivity index (χ1) is 11.4. The summed E-state index contributed by atoms with van der Waals surface area (Å²) in [4.78, 5) is 13.5. The van der Waals surface area contributed by atoms with Gasteiger partial charge in [0.15, 0.2) is 0 Å². The first kappa shape index (κ1) is 16.8. The Labute approximate surface area is 138 Å². The smallest absolute Gasteiger partial charge is 0.335 e. The summed E-state index contributed by atoms with van der Waals surface area (Å²) >= 11 is 0. The Balaban J connectivity index is 1.63. The summed E-state index contributed by atoms with van der Waals surface area (Å²) in [6.45, 7) is -0.501. The molecule has 0 radical (unpaired) electrons. The zero-order chi connectivity index (χ0) is 17.2. The zero-order valence-corrected chi connectivity index (χ0v) is 13.2. The Kier molecular flexibility index (Phi) is 4.80. The van der Waals surface area contributed by atoms with Crippen molar-refractivity contribution < 1.29 is 18.0 Å². The molecule has 0 spiro atoms. The molecule has 2 N–H and O–H groups in total. The van der Waals surface area contributed by atoms with Gasteiger partial charge in [-0.2, -0.15) is 13.2 Å². The summed E-state index contributed by atoms with van der Waals surface area (Å²) < 4.78 is 37.7. The summed E-state index contributed by atoms with van der Waals surface area (Å²) in [5, 5.41) is 5.70. The van der Waals surface area contributed by atoms with Gasteiger partial charge in [0, 0.05) is 24.8 Å². The number of fused-ring (bicyclic) bond motifs is 1. The van der Waals surface area contributed by atoms with Crippen LogP contribution < -0.4 is 10.6 Å². The average molecular weight is 339 g/mol. The minimum Gasteiger partial charge on any atom is -0.335 e. The summed E-state index contributed by atoms with van der Waals surface area (Å²) in [5.41, 5.74) is 2.18. The molecule has 1 aromatic rings. The van der Waals surface area contributed by atoms with Crippen LogP contribution in [0, 0.1) is 0 Å². The van der Waals surface area contributed by atoms with Crippen LogP contribution in [0.5, 0.6) is 0 Å². The second-order valence-electron chi connectivity index (χ2n) is 6.28. The maximum Gasteiger partial charge on any atom is 0.401 e. The Bertz CT molecular complexity index is 642. The standard InChI is InChI=1S/C17H20F3N3O/c18-17(19,20)11-23-9-12-5-4-8-15(14(12)10-23)22-16(24)21-13-6-2-1-3-7-13/h1-2,4-5,8,13H,3,6-7,9-11H2,(H2,21,22,24). The average Bonchev–Trinajstić information content (AvgIpc) is 2.89. The molecule has 1 atom stereocenters. The highest BCUT2D eigenvalue weighted by Gasteiger charge is 2.34. The molecular formula is C17H20F3N3O. The largest absolute Gasteiger partial charge is 0.401 e. The van der Waals surface area contributed by atoms with Gasteiger partial charge in [0.25, 0.3) is 0 Å². The molecule has 0 bridgehead atoms. The Morgan fingerprint density at radius 1 is 1.25 bits per heavy atom. The first-order valence-electron chi connectivity index (χ1n) is 8.03. The number of halogens is 3. The van der Waals surface area contributed by atoms with Crippen LogP contribution in [0.4, 0.5) is 23.7 Å². The van der Waals surface area contributed by atoms with E-state index < -0.39 is 12.7 Å². The summed E-state index contributed by atoms with van der Waals surface area (Å²) in [6.07, 6.45) is 2.56. The van der Waals surface area contributed by atoms with E-state index in [0.717, 1.165) is 30.4 Å². The van der Waals surface area contributed by atoms with Crippen LogP contribution in [0.15, 0.2) is 30.4 Å². The van der Waals surface area contributed by atoms with Gasteiger partial charge in [-0.05, 0) is 36.5 Å². The van der Waals surface area contributed by atoms with E-state index in [4.69, 9.17) is 0 Å². The van der Waals surface area contributed by atoms with Crippen molar-refractivity contribution in [3.63, 3.8) is 0 Å². The minimum absolute atomic E-state index is 0.105. The lowest BCUT2D eigenvalue weighted by atomic mass is 10.0. The number of anilines is 1. The topological polar surface area (TPSA) is 44.4 Å². The number of amides is 2. The van der Waals surface area contributed by atoms with Crippen molar-refractivity contribution in [3.05, 3.63) is 41.5 Å². The van der Waals surface area contributed by atoms with Crippen LogP contribution >= 0.6 is 0 Å². The van der Waals surface area contributed by atoms with E-state index in [2.05, 4.69) is 16.7 Å². The molecule has 3 rings (SSSR count). The lowest BCUT2D eigenvalue weighted by molar-refractivity contribution is -0.146. The molecule has 4 nitrogen and oxygen atoms in total. The molecule has 0 saturated heterocycles. The number of carbonyl (C=O) groups is 1. The lowest BCUT2D eigenvalue weighted by Crippen LogP contribution is -2.38. The van der Waals surface area contributed by atoms with Crippen molar-refractivity contribution in [2.75, 3.05) is 11.9 Å². The summed E-state index contributed by atoms with van der Waals surface area (Å²) in [7, 11) is 0. The number of hydrogen-bond acceptors (Lipinski definition) is 2. The highest BCUT2D eigenvalue weighted by molar-refractivity contribution is 5.90. The third-order valence-electron chi connectivity index (χ3n) is 4.30. The zero-order valence-electron chi connectivity index (χ0n) is 13.2. The van der Waals surface area contributed by atoms with E-state index in [1.807, 2.05) is 6.08 Å². The van der Waals surface area contributed by atoms with Crippen LogP contribution in [-0.4, -0.2) is 29.7 Å². The number of carbonyl (C=O) groups excluding carboxylic acids is 1. The molecule has 1 aliphatic heterocycles. The molecule has 1 aliphatic carbocycles. The number of rotatable bonds is 3. The number of alkyl halides is 3. The van der Waals surface area contributed by atoms with E-state index in [1.54, 1.807) is 18.2 Å². The predicted molar refractivity (Wildman–Crippen MR) is 85.5 cm³/mol. The molecule has 0 fully saturated rings. The van der Waals surface area contributed by atoms with Gasteiger partial charge in [0.05, 0.1) is 6.54 Å². The Morgan fingerprint density at radius 2 is 2.08 bits per heavy atom. The molecule has 1 heterocycles. The second-order valence-corrected chi connectivity index (χ2v) is 6.28. The number of nitrogens with one attached hydrogen (secondary N) is 2. The van der Waals surface area contributed by atoms with Crippen LogP contribution in [0.1, 0.15) is 30.4 Å². The van der Waals surface area contributed by atoms with Gasteiger partial charge in [-0.25, -0.2) is 4.79 Å². The van der Waals surface area contributed by atoms with Gasteiger partial charge in [-0.3, -0.25) is 4.90 Å². The van der Waals surface area contributed by atoms with Crippen molar-refractivity contribution >= 4 is 11.7 Å². The normalized spacial score (nSPS) is 20.7. The molecule has 1 unspecified atom stereocenters. The van der Waals surface area contributed by atoms with Gasteiger partial charge in [0.2, 0.25) is 0 Å². The second kappa shape index (κ2) is 6.84. The molecule has 2 aliphatic rings. The van der Waals surface area contributed by atoms with Crippen molar-refractivity contribution in [1.82, 2.24) is 10.2 Å². The van der Waals surface area contributed by atoms with E-state index in [-0.39, 0.29) is 25.2 Å². The van der Waals surface area contributed by atoms with Crippen LogP contribution in [-0.2, 0) is 13.1 Å². The highest BCUT2D eigenvalue weighted by atomic mass is 19.4. The number of hydrogen-bond donors (Lipinski definition) is 2. The van der Waals surface area contributed by atoms with Gasteiger partial charge >= 0.3 is 12.2 Å². The maximum atomic E-state index is 12.6. The van der Waals surface area contributed by atoms with Gasteiger partial charge in [-0.1, -0.05) is 24.3 Å². The molecule has 0 aromatic heterocycles. The van der Waals surface area contributed by atoms with E-state index in [1.165, 1.54) is 4.90 Å². The van der Waals surface area contributed by atoms with Crippen molar-refractivity contribution in [3.8, 4) is 0 Å². The van der Waals surface area contributed by atoms with E-state index >= 15 is 0 Å². The van der Waals surface area contributed by atoms with Gasteiger partial charge < -0.3 is 10.6 Å². The number of allylic oxidation sites excluding steroid dienone is 1. The summed E-state index contributed by atoms with van der Waals surface area (Å²) in [5.74, 6) is 0. The third-order valence-corrected chi connectivity index (χ3v) is 4.30. The molecule has 7 heteroatoms. The lowest BCUT2D eigenvalue weighted by Gasteiger charge is -2.20. The number of benzene rings is 1. The minimum atomic E-state index is -4.22. The molecular weight excluding hydrogens is 319 g/mol. The SMILES string of the molecule is O=C(Nc1cccc2c1CN(CC(F)(F)F)C2)NC1CC=CCC1. The quantitative estimate of drug-likeness (QED) is 0.823. The molecule has 24 heavy (non-hydrogen) atoms. The fourth-order valence-electron chi connectivity index (χ4n) is 3.24. The number of urea groups is 1. The van der Waals surface area contributed by atoms with Gasteiger partial charge in [0.1, 0.15) is 0 Å². The van der Waals surface area contributed by atoms with Gasteiger partial charge in [-0.15, -0.1) is 0 Å². The fraction of sp³-hybridized carbons (Fsp3) is 0.471. The molecule has 1 aromatic carbocycles. The Morgan fingerprint density at radius 3 is 2.79 bits per heavy atom.